The second kappa shape index (κ2) is 2.91. The number of pyridine rings is 1. The van der Waals surface area contributed by atoms with E-state index < -0.39 is 0 Å². The van der Waals surface area contributed by atoms with Crippen molar-refractivity contribution in [2.75, 3.05) is 12.9 Å². The SMILES string of the molecule is COc1ccc2c(n1)SCC2(C)C. The van der Waals surface area contributed by atoms with E-state index in [1.807, 2.05) is 17.8 Å². The predicted molar refractivity (Wildman–Crippen MR) is 54.5 cm³/mol. The maximum absolute atomic E-state index is 5.08. The molecule has 2 nitrogen and oxygen atoms in total. The number of aromatic nitrogens is 1. The number of ether oxygens (including phenoxy) is 1. The first-order valence-electron chi connectivity index (χ1n) is 4.32. The molecular weight excluding hydrogens is 182 g/mol. The first-order valence-corrected chi connectivity index (χ1v) is 5.30. The van der Waals surface area contributed by atoms with E-state index in [2.05, 4.69) is 24.9 Å². The van der Waals surface area contributed by atoms with Gasteiger partial charge in [-0.1, -0.05) is 19.9 Å². The van der Waals surface area contributed by atoms with E-state index in [4.69, 9.17) is 4.74 Å². The molecule has 0 amide bonds. The Morgan fingerprint density at radius 2 is 2.23 bits per heavy atom. The lowest BCUT2D eigenvalue weighted by molar-refractivity contribution is 0.393. The van der Waals surface area contributed by atoms with Gasteiger partial charge in [-0.25, -0.2) is 4.98 Å². The van der Waals surface area contributed by atoms with Gasteiger partial charge in [0.1, 0.15) is 5.03 Å². The number of fused-ring (bicyclic) bond motifs is 1. The van der Waals surface area contributed by atoms with Crippen LogP contribution in [0.3, 0.4) is 0 Å². The Balaban J connectivity index is 2.46. The molecule has 1 aliphatic heterocycles. The van der Waals surface area contributed by atoms with Gasteiger partial charge in [-0.3, -0.25) is 0 Å². The van der Waals surface area contributed by atoms with Gasteiger partial charge >= 0.3 is 0 Å². The van der Waals surface area contributed by atoms with Gasteiger partial charge in [-0.2, -0.15) is 0 Å². The fourth-order valence-electron chi connectivity index (χ4n) is 1.49. The Labute approximate surface area is 82.7 Å². The van der Waals surface area contributed by atoms with E-state index >= 15 is 0 Å². The number of rotatable bonds is 1. The maximum Gasteiger partial charge on any atom is 0.213 e. The third-order valence-electron chi connectivity index (χ3n) is 2.34. The van der Waals surface area contributed by atoms with E-state index in [1.54, 1.807) is 7.11 Å². The molecule has 0 unspecified atom stereocenters. The lowest BCUT2D eigenvalue weighted by Gasteiger charge is -2.16. The maximum atomic E-state index is 5.08. The summed E-state index contributed by atoms with van der Waals surface area (Å²) in [7, 11) is 1.65. The largest absolute Gasteiger partial charge is 0.481 e. The molecule has 1 aliphatic rings. The summed E-state index contributed by atoms with van der Waals surface area (Å²) >= 11 is 1.81. The van der Waals surface area contributed by atoms with Crippen LogP contribution in [0.2, 0.25) is 0 Å². The van der Waals surface area contributed by atoms with Gasteiger partial charge in [0.15, 0.2) is 0 Å². The van der Waals surface area contributed by atoms with E-state index in [9.17, 15) is 0 Å². The van der Waals surface area contributed by atoms with Crippen molar-refractivity contribution >= 4 is 11.8 Å². The molecule has 0 saturated heterocycles. The number of hydrogen-bond donors (Lipinski definition) is 0. The molecule has 0 radical (unpaired) electrons. The molecule has 0 saturated carbocycles. The van der Waals surface area contributed by atoms with Gasteiger partial charge in [0.25, 0.3) is 0 Å². The van der Waals surface area contributed by atoms with Gasteiger partial charge in [0.2, 0.25) is 5.88 Å². The molecule has 13 heavy (non-hydrogen) atoms. The summed E-state index contributed by atoms with van der Waals surface area (Å²) in [5.74, 6) is 1.83. The van der Waals surface area contributed by atoms with Crippen LogP contribution in [0.1, 0.15) is 19.4 Å². The van der Waals surface area contributed by atoms with Crippen molar-refractivity contribution in [1.82, 2.24) is 4.98 Å². The second-order valence-corrected chi connectivity index (χ2v) is 4.84. The zero-order chi connectivity index (χ0) is 9.47. The quantitative estimate of drug-likeness (QED) is 0.687. The zero-order valence-corrected chi connectivity index (χ0v) is 8.94. The Morgan fingerprint density at radius 1 is 1.46 bits per heavy atom. The minimum absolute atomic E-state index is 0.263. The van der Waals surface area contributed by atoms with Crippen LogP contribution < -0.4 is 4.74 Å². The highest BCUT2D eigenvalue weighted by Gasteiger charge is 2.31. The third-order valence-corrected chi connectivity index (χ3v) is 3.79. The number of methoxy groups -OCH3 is 1. The molecule has 0 bridgehead atoms. The van der Waals surface area contributed by atoms with Crippen LogP contribution in [0, 0.1) is 0 Å². The summed E-state index contributed by atoms with van der Waals surface area (Å²) < 4.78 is 5.08. The molecule has 0 N–H and O–H groups in total. The van der Waals surface area contributed by atoms with E-state index in [0.717, 1.165) is 10.8 Å². The van der Waals surface area contributed by atoms with Crippen LogP contribution in [0.5, 0.6) is 5.88 Å². The van der Waals surface area contributed by atoms with Gasteiger partial charge in [-0.15, -0.1) is 11.8 Å². The Morgan fingerprint density at radius 3 is 2.92 bits per heavy atom. The fourth-order valence-corrected chi connectivity index (χ4v) is 2.80. The molecule has 0 aliphatic carbocycles. The molecule has 0 atom stereocenters. The van der Waals surface area contributed by atoms with Crippen molar-refractivity contribution in [3.63, 3.8) is 0 Å². The molecular formula is C10H13NOS. The Kier molecular flexibility index (Phi) is 1.99. The molecule has 70 valence electrons. The summed E-state index contributed by atoms with van der Waals surface area (Å²) in [5.41, 5.74) is 1.61. The summed E-state index contributed by atoms with van der Waals surface area (Å²) in [6.45, 7) is 4.50. The first-order chi connectivity index (χ1) is 6.13. The Hall–Kier alpha value is -0.700. The van der Waals surface area contributed by atoms with Crippen molar-refractivity contribution in [3.8, 4) is 5.88 Å². The average molecular weight is 195 g/mol. The van der Waals surface area contributed by atoms with E-state index in [0.29, 0.717) is 5.88 Å². The van der Waals surface area contributed by atoms with Crippen LogP contribution in [0.4, 0.5) is 0 Å². The van der Waals surface area contributed by atoms with Gasteiger partial charge in [-0.05, 0) is 5.56 Å². The molecule has 1 aromatic rings. The van der Waals surface area contributed by atoms with Crippen LogP contribution in [-0.4, -0.2) is 17.8 Å². The summed E-state index contributed by atoms with van der Waals surface area (Å²) in [5, 5.41) is 1.13. The predicted octanol–water partition coefficient (Wildman–Crippen LogP) is 2.47. The molecule has 3 heteroatoms. The normalized spacial score (nSPS) is 18.4. The van der Waals surface area contributed by atoms with Crippen LogP contribution >= 0.6 is 11.8 Å². The summed E-state index contributed by atoms with van der Waals surface area (Å²) in [6, 6.07) is 4.06. The zero-order valence-electron chi connectivity index (χ0n) is 8.13. The lowest BCUT2D eigenvalue weighted by Crippen LogP contribution is -2.15. The van der Waals surface area contributed by atoms with Crippen molar-refractivity contribution in [2.24, 2.45) is 0 Å². The lowest BCUT2D eigenvalue weighted by atomic mass is 9.88. The summed E-state index contributed by atoms with van der Waals surface area (Å²) in [4.78, 5) is 4.41. The monoisotopic (exact) mass is 195 g/mol. The Bertz CT molecular complexity index is 336. The fraction of sp³-hybridized carbons (Fsp3) is 0.500. The highest BCUT2D eigenvalue weighted by molar-refractivity contribution is 7.99. The first kappa shape index (κ1) is 8.88. The second-order valence-electron chi connectivity index (χ2n) is 3.88. The van der Waals surface area contributed by atoms with Crippen molar-refractivity contribution in [2.45, 2.75) is 24.3 Å². The molecule has 0 aromatic carbocycles. The van der Waals surface area contributed by atoms with Crippen molar-refractivity contribution in [1.29, 1.82) is 0 Å². The van der Waals surface area contributed by atoms with Crippen molar-refractivity contribution in [3.05, 3.63) is 17.7 Å². The number of nitrogens with zero attached hydrogens (tertiary/aromatic N) is 1. The smallest absolute Gasteiger partial charge is 0.213 e. The molecule has 0 fully saturated rings. The van der Waals surface area contributed by atoms with Crippen LogP contribution in [-0.2, 0) is 5.41 Å². The van der Waals surface area contributed by atoms with Crippen molar-refractivity contribution < 1.29 is 4.74 Å². The molecule has 2 heterocycles. The standard InChI is InChI=1S/C10H13NOS/c1-10(2)6-13-9-7(10)4-5-8(11-9)12-3/h4-5H,6H2,1-3H3. The van der Waals surface area contributed by atoms with Crippen LogP contribution in [0.15, 0.2) is 17.2 Å². The van der Waals surface area contributed by atoms with Gasteiger partial charge in [0.05, 0.1) is 7.11 Å². The molecule has 1 aromatic heterocycles. The van der Waals surface area contributed by atoms with E-state index in [-0.39, 0.29) is 5.41 Å². The van der Waals surface area contributed by atoms with Crippen LogP contribution in [0.25, 0.3) is 0 Å². The topological polar surface area (TPSA) is 22.1 Å². The van der Waals surface area contributed by atoms with Gasteiger partial charge < -0.3 is 4.74 Å². The molecule has 0 spiro atoms. The third kappa shape index (κ3) is 1.41. The highest BCUT2D eigenvalue weighted by Crippen LogP contribution is 2.42. The average Bonchev–Trinajstić information content (AvgIpc) is 2.42. The number of thioether (sulfide) groups is 1. The molecule has 2 rings (SSSR count). The minimum Gasteiger partial charge on any atom is -0.481 e. The summed E-state index contributed by atoms with van der Waals surface area (Å²) in [6.07, 6.45) is 0. The number of hydrogen-bond acceptors (Lipinski definition) is 3. The van der Waals surface area contributed by atoms with Gasteiger partial charge in [0, 0.05) is 17.2 Å². The minimum atomic E-state index is 0.263. The highest BCUT2D eigenvalue weighted by atomic mass is 32.2. The van der Waals surface area contributed by atoms with E-state index in [1.165, 1.54) is 5.56 Å².